The van der Waals surface area contributed by atoms with Gasteiger partial charge in [-0.25, -0.2) is 0 Å². The van der Waals surface area contributed by atoms with E-state index in [1.807, 2.05) is 20.8 Å². The maximum atomic E-state index is 9.80. The molecule has 0 saturated heterocycles. The van der Waals surface area contributed by atoms with Crippen LogP contribution >= 0.6 is 0 Å². The minimum Gasteiger partial charge on any atom is -0.507 e. The molecule has 70 valence electrons. The second-order valence-corrected chi connectivity index (χ2v) is 3.67. The molecule has 0 amide bonds. The van der Waals surface area contributed by atoms with Crippen molar-refractivity contribution in [3.05, 3.63) is 27.8 Å². The largest absolute Gasteiger partial charge is 0.507 e. The van der Waals surface area contributed by atoms with E-state index in [9.17, 15) is 5.11 Å². The highest BCUT2D eigenvalue weighted by Gasteiger charge is 2.20. The molecule has 0 radical (unpaired) electrons. The van der Waals surface area contributed by atoms with Gasteiger partial charge in [0.1, 0.15) is 5.75 Å². The molecule has 0 aliphatic carbocycles. The van der Waals surface area contributed by atoms with Crippen molar-refractivity contribution in [3.8, 4) is 5.75 Å². The van der Waals surface area contributed by atoms with Crippen LogP contribution in [0.1, 0.15) is 27.8 Å². The van der Waals surface area contributed by atoms with E-state index in [0.29, 0.717) is 19.0 Å². The Hall–Kier alpha value is -1.02. The molecule has 1 heterocycles. The number of phenolic OH excluding ortho intramolecular Hbond substituents is 1. The van der Waals surface area contributed by atoms with Crippen molar-refractivity contribution in [3.63, 3.8) is 0 Å². The van der Waals surface area contributed by atoms with E-state index < -0.39 is 0 Å². The van der Waals surface area contributed by atoms with Gasteiger partial charge < -0.3 is 9.84 Å². The lowest BCUT2D eigenvalue weighted by Crippen LogP contribution is -1.96. The van der Waals surface area contributed by atoms with Crippen molar-refractivity contribution in [2.45, 2.75) is 34.0 Å². The molecule has 0 atom stereocenters. The zero-order valence-electron chi connectivity index (χ0n) is 8.27. The topological polar surface area (TPSA) is 29.5 Å². The number of fused-ring (bicyclic) bond motifs is 1. The minimum atomic E-state index is 0.432. The molecule has 0 saturated carbocycles. The molecule has 1 N–H and O–H groups in total. The zero-order valence-corrected chi connectivity index (χ0v) is 8.27. The van der Waals surface area contributed by atoms with Crippen molar-refractivity contribution >= 4 is 0 Å². The number of aromatic hydroxyl groups is 1. The summed E-state index contributed by atoms with van der Waals surface area (Å²) in [6, 6.07) is 0. The van der Waals surface area contributed by atoms with E-state index in [1.165, 1.54) is 16.7 Å². The lowest BCUT2D eigenvalue weighted by atomic mass is 9.94. The van der Waals surface area contributed by atoms with E-state index in [4.69, 9.17) is 4.74 Å². The zero-order chi connectivity index (χ0) is 9.59. The Labute approximate surface area is 78.2 Å². The van der Waals surface area contributed by atoms with Crippen LogP contribution in [0.4, 0.5) is 0 Å². The van der Waals surface area contributed by atoms with Gasteiger partial charge in [0.05, 0.1) is 13.2 Å². The molecule has 0 unspecified atom stereocenters. The standard InChI is InChI=1S/C11H14O2/c1-6-7(2)11(12)8(3)10-5-13-4-9(6)10/h12H,4-5H2,1-3H3. The van der Waals surface area contributed by atoms with Gasteiger partial charge >= 0.3 is 0 Å². The quantitative estimate of drug-likeness (QED) is 0.660. The highest BCUT2D eigenvalue weighted by Crippen LogP contribution is 2.35. The Balaban J connectivity index is 2.77. The van der Waals surface area contributed by atoms with E-state index in [1.54, 1.807) is 0 Å². The van der Waals surface area contributed by atoms with Gasteiger partial charge in [0, 0.05) is 0 Å². The first-order chi connectivity index (χ1) is 6.13. The number of hydrogen-bond donors (Lipinski definition) is 1. The summed E-state index contributed by atoms with van der Waals surface area (Å²) >= 11 is 0. The molecule has 2 rings (SSSR count). The fourth-order valence-electron chi connectivity index (χ4n) is 1.93. The summed E-state index contributed by atoms with van der Waals surface area (Å²) in [5, 5.41) is 9.80. The average Bonchev–Trinajstić information content (AvgIpc) is 2.59. The Morgan fingerprint density at radius 2 is 1.46 bits per heavy atom. The van der Waals surface area contributed by atoms with Crippen LogP contribution in [0.15, 0.2) is 0 Å². The molecular formula is C11H14O2. The van der Waals surface area contributed by atoms with E-state index >= 15 is 0 Å². The molecular weight excluding hydrogens is 164 g/mol. The number of phenols is 1. The first kappa shape index (κ1) is 8.57. The number of ether oxygens (including phenoxy) is 1. The van der Waals surface area contributed by atoms with Crippen LogP contribution in [0.25, 0.3) is 0 Å². The number of hydrogen-bond acceptors (Lipinski definition) is 2. The fourth-order valence-corrected chi connectivity index (χ4v) is 1.93. The Morgan fingerprint density at radius 3 is 2.08 bits per heavy atom. The summed E-state index contributed by atoms with van der Waals surface area (Å²) in [5.74, 6) is 0.432. The summed E-state index contributed by atoms with van der Waals surface area (Å²) in [6.45, 7) is 7.30. The van der Waals surface area contributed by atoms with Gasteiger partial charge in [0.2, 0.25) is 0 Å². The van der Waals surface area contributed by atoms with Gasteiger partial charge in [-0.15, -0.1) is 0 Å². The smallest absolute Gasteiger partial charge is 0.122 e. The summed E-state index contributed by atoms with van der Waals surface area (Å²) in [7, 11) is 0. The van der Waals surface area contributed by atoms with Gasteiger partial charge in [-0.2, -0.15) is 0 Å². The summed E-state index contributed by atoms with van der Waals surface area (Å²) in [5.41, 5.74) is 5.60. The monoisotopic (exact) mass is 178 g/mol. The highest BCUT2D eigenvalue weighted by molar-refractivity contribution is 5.54. The molecule has 13 heavy (non-hydrogen) atoms. The van der Waals surface area contributed by atoms with Crippen LogP contribution in [0.3, 0.4) is 0 Å². The molecule has 1 aromatic rings. The number of benzene rings is 1. The predicted molar refractivity (Wildman–Crippen MR) is 50.8 cm³/mol. The van der Waals surface area contributed by atoms with Gasteiger partial charge in [-0.1, -0.05) is 0 Å². The minimum absolute atomic E-state index is 0.432. The van der Waals surface area contributed by atoms with Crippen molar-refractivity contribution in [2.75, 3.05) is 0 Å². The van der Waals surface area contributed by atoms with Crippen LogP contribution in [0.5, 0.6) is 5.75 Å². The van der Waals surface area contributed by atoms with Crippen molar-refractivity contribution in [1.82, 2.24) is 0 Å². The van der Waals surface area contributed by atoms with Crippen molar-refractivity contribution in [1.29, 1.82) is 0 Å². The van der Waals surface area contributed by atoms with E-state index in [-0.39, 0.29) is 0 Å². The van der Waals surface area contributed by atoms with E-state index in [2.05, 4.69) is 0 Å². The van der Waals surface area contributed by atoms with Crippen LogP contribution in [-0.2, 0) is 18.0 Å². The lowest BCUT2D eigenvalue weighted by Gasteiger charge is -2.12. The molecule has 1 aliphatic heterocycles. The van der Waals surface area contributed by atoms with Crippen molar-refractivity contribution in [2.24, 2.45) is 0 Å². The summed E-state index contributed by atoms with van der Waals surface area (Å²) in [6.07, 6.45) is 0. The van der Waals surface area contributed by atoms with Gasteiger partial charge in [0.25, 0.3) is 0 Å². The Bertz CT molecular complexity index is 332. The van der Waals surface area contributed by atoms with Gasteiger partial charge in [0.15, 0.2) is 0 Å². The van der Waals surface area contributed by atoms with Crippen molar-refractivity contribution < 1.29 is 9.84 Å². The third-order valence-electron chi connectivity index (χ3n) is 3.04. The third-order valence-corrected chi connectivity index (χ3v) is 3.04. The molecule has 1 aromatic carbocycles. The summed E-state index contributed by atoms with van der Waals surface area (Å²) < 4.78 is 5.38. The molecule has 1 aliphatic rings. The molecule has 0 bridgehead atoms. The molecule has 0 aromatic heterocycles. The van der Waals surface area contributed by atoms with Crippen LogP contribution in [0, 0.1) is 20.8 Å². The molecule has 2 nitrogen and oxygen atoms in total. The SMILES string of the molecule is Cc1c(C)c2c(c(C)c1O)COC2. The maximum absolute atomic E-state index is 9.80. The summed E-state index contributed by atoms with van der Waals surface area (Å²) in [4.78, 5) is 0. The second kappa shape index (κ2) is 2.74. The average molecular weight is 178 g/mol. The van der Waals surface area contributed by atoms with Crippen LogP contribution < -0.4 is 0 Å². The highest BCUT2D eigenvalue weighted by atomic mass is 16.5. The molecule has 0 fully saturated rings. The van der Waals surface area contributed by atoms with Gasteiger partial charge in [-0.05, 0) is 48.6 Å². The third kappa shape index (κ3) is 1.05. The Kier molecular flexibility index (Phi) is 1.81. The fraction of sp³-hybridized carbons (Fsp3) is 0.455. The van der Waals surface area contributed by atoms with Gasteiger partial charge in [-0.3, -0.25) is 0 Å². The first-order valence-electron chi connectivity index (χ1n) is 4.51. The molecule has 0 spiro atoms. The predicted octanol–water partition coefficient (Wildman–Crippen LogP) is 2.35. The lowest BCUT2D eigenvalue weighted by molar-refractivity contribution is 0.134. The van der Waals surface area contributed by atoms with E-state index in [0.717, 1.165) is 11.1 Å². The second-order valence-electron chi connectivity index (χ2n) is 3.67. The first-order valence-corrected chi connectivity index (χ1v) is 4.51. The van der Waals surface area contributed by atoms with Crippen LogP contribution in [-0.4, -0.2) is 5.11 Å². The number of rotatable bonds is 0. The normalized spacial score (nSPS) is 14.7. The maximum Gasteiger partial charge on any atom is 0.122 e. The van der Waals surface area contributed by atoms with Crippen LogP contribution in [0.2, 0.25) is 0 Å². The Morgan fingerprint density at radius 1 is 0.923 bits per heavy atom. The molecule has 2 heteroatoms.